The number of rotatable bonds is 6. The topological polar surface area (TPSA) is 67.9 Å². The van der Waals surface area contributed by atoms with Crippen molar-refractivity contribution in [2.75, 3.05) is 26.7 Å². The molecule has 0 rings (SSSR count). The van der Waals surface area contributed by atoms with Crippen LogP contribution in [0.2, 0.25) is 0 Å². The fraction of sp³-hybridized carbons (Fsp3) is 0.750. The predicted octanol–water partition coefficient (Wildman–Crippen LogP) is 1.59. The molecule has 0 saturated heterocycles. The molecule has 20 heavy (non-hydrogen) atoms. The van der Waals surface area contributed by atoms with E-state index < -0.39 is 17.7 Å². The summed E-state index contributed by atoms with van der Waals surface area (Å²) in [5.41, 5.74) is -0.519. The summed E-state index contributed by atoms with van der Waals surface area (Å²) in [5.74, 6) is -0.415. The third kappa shape index (κ3) is 10.9. The molecule has 1 N–H and O–H groups in total. The van der Waals surface area contributed by atoms with Gasteiger partial charge in [0.15, 0.2) is 0 Å². The number of carbonyl (C=O) groups is 2. The summed E-state index contributed by atoms with van der Waals surface area (Å²) in [7, 11) is 1.64. The highest BCUT2D eigenvalue weighted by molar-refractivity contribution is 8.11. The van der Waals surface area contributed by atoms with Gasteiger partial charge in [0.1, 0.15) is 16.5 Å². The minimum Gasteiger partial charge on any atom is -0.464 e. The van der Waals surface area contributed by atoms with E-state index in [9.17, 15) is 9.59 Å². The van der Waals surface area contributed by atoms with E-state index in [1.165, 1.54) is 4.90 Å². The van der Waals surface area contributed by atoms with Crippen LogP contribution in [0.1, 0.15) is 27.2 Å². The van der Waals surface area contributed by atoms with E-state index in [0.717, 1.165) is 0 Å². The molecule has 0 unspecified atom stereocenters. The zero-order valence-electron chi connectivity index (χ0n) is 12.3. The Bertz CT molecular complexity index is 356. The first-order chi connectivity index (χ1) is 9.11. The van der Waals surface area contributed by atoms with Crippen molar-refractivity contribution in [1.82, 2.24) is 10.2 Å². The summed E-state index contributed by atoms with van der Waals surface area (Å²) in [6.07, 6.45) is 0.137. The van der Waals surface area contributed by atoms with Crippen LogP contribution < -0.4 is 5.32 Å². The lowest BCUT2D eigenvalue weighted by Crippen LogP contribution is -2.35. The summed E-state index contributed by atoms with van der Waals surface area (Å²) >= 11 is 8.46. The SMILES string of the molecule is CN(CCCOC(=O)CNC(=S)S)C(=O)OC(C)(C)C. The summed E-state index contributed by atoms with van der Waals surface area (Å²) in [6.45, 7) is 6.08. The third-order valence-electron chi connectivity index (χ3n) is 1.99. The first kappa shape index (κ1) is 19.0. The van der Waals surface area contributed by atoms with E-state index >= 15 is 0 Å². The second kappa shape index (κ2) is 9.02. The van der Waals surface area contributed by atoms with Crippen LogP contribution in [-0.2, 0) is 14.3 Å². The quantitative estimate of drug-likeness (QED) is 0.335. The summed E-state index contributed by atoms with van der Waals surface area (Å²) in [6, 6.07) is 0. The highest BCUT2D eigenvalue weighted by atomic mass is 32.1. The van der Waals surface area contributed by atoms with Gasteiger partial charge in [0.05, 0.1) is 6.61 Å². The minimum atomic E-state index is -0.519. The lowest BCUT2D eigenvalue weighted by atomic mass is 10.2. The molecule has 0 bridgehead atoms. The summed E-state index contributed by atoms with van der Waals surface area (Å²) in [5, 5.41) is 2.58. The van der Waals surface area contributed by atoms with Crippen LogP contribution in [0, 0.1) is 0 Å². The molecule has 0 spiro atoms. The standard InChI is InChI=1S/C12H22N2O4S2/c1-12(2,3)18-11(16)14(4)6-5-7-17-9(15)8-13-10(19)20/h5-8H2,1-4H3,(H2,13,19,20). The van der Waals surface area contributed by atoms with Gasteiger partial charge in [-0.25, -0.2) is 4.79 Å². The maximum Gasteiger partial charge on any atom is 0.410 e. The van der Waals surface area contributed by atoms with Gasteiger partial charge in [-0.15, -0.1) is 12.6 Å². The Labute approximate surface area is 130 Å². The highest BCUT2D eigenvalue weighted by Crippen LogP contribution is 2.09. The number of amides is 1. The molecule has 0 fully saturated rings. The number of nitrogens with one attached hydrogen (secondary N) is 1. The Balaban J connectivity index is 3.76. The molecule has 116 valence electrons. The van der Waals surface area contributed by atoms with Crippen molar-refractivity contribution in [2.45, 2.75) is 32.8 Å². The predicted molar refractivity (Wildman–Crippen MR) is 84.0 cm³/mol. The van der Waals surface area contributed by atoms with E-state index in [1.807, 2.05) is 0 Å². The van der Waals surface area contributed by atoms with Gasteiger partial charge in [0.25, 0.3) is 0 Å². The number of nitrogens with zero attached hydrogens (tertiary/aromatic N) is 1. The molecular weight excluding hydrogens is 300 g/mol. The average molecular weight is 322 g/mol. The Morgan fingerprint density at radius 2 is 1.95 bits per heavy atom. The monoisotopic (exact) mass is 322 g/mol. The van der Waals surface area contributed by atoms with Crippen LogP contribution in [0.3, 0.4) is 0 Å². The molecule has 0 aliphatic heterocycles. The fourth-order valence-corrected chi connectivity index (χ4v) is 1.27. The normalized spacial score (nSPS) is 10.7. The average Bonchev–Trinajstić information content (AvgIpc) is 2.29. The zero-order valence-corrected chi connectivity index (χ0v) is 14.0. The van der Waals surface area contributed by atoms with Gasteiger partial charge < -0.3 is 19.7 Å². The van der Waals surface area contributed by atoms with Gasteiger partial charge in [-0.2, -0.15) is 0 Å². The Morgan fingerprint density at radius 1 is 1.35 bits per heavy atom. The number of carbonyl (C=O) groups excluding carboxylic acids is 2. The molecule has 0 aromatic carbocycles. The van der Waals surface area contributed by atoms with Crippen LogP contribution in [0.4, 0.5) is 4.79 Å². The molecule has 0 atom stereocenters. The van der Waals surface area contributed by atoms with Gasteiger partial charge in [-0.1, -0.05) is 12.2 Å². The number of esters is 1. The second-order valence-corrected chi connectivity index (χ2v) is 6.29. The molecule has 0 heterocycles. The van der Waals surface area contributed by atoms with Crippen molar-refractivity contribution < 1.29 is 19.1 Å². The van der Waals surface area contributed by atoms with Crippen molar-refractivity contribution in [2.24, 2.45) is 0 Å². The molecular formula is C12H22N2O4S2. The molecule has 8 heteroatoms. The first-order valence-electron chi connectivity index (χ1n) is 6.18. The number of thiocarbonyl (C=S) groups is 1. The van der Waals surface area contributed by atoms with Crippen molar-refractivity contribution in [3.05, 3.63) is 0 Å². The first-order valence-corrected chi connectivity index (χ1v) is 7.04. The lowest BCUT2D eigenvalue weighted by molar-refractivity contribution is -0.142. The number of thiol groups is 1. The van der Waals surface area contributed by atoms with Crippen LogP contribution in [-0.4, -0.2) is 53.6 Å². The minimum absolute atomic E-state index is 0.00968. The molecule has 0 aliphatic rings. The summed E-state index contributed by atoms with van der Waals surface area (Å²) in [4.78, 5) is 24.3. The van der Waals surface area contributed by atoms with Gasteiger partial charge >= 0.3 is 12.1 Å². The smallest absolute Gasteiger partial charge is 0.410 e. The molecule has 0 radical (unpaired) electrons. The maximum absolute atomic E-state index is 11.6. The van der Waals surface area contributed by atoms with E-state index in [1.54, 1.807) is 27.8 Å². The van der Waals surface area contributed by atoms with Gasteiger partial charge in [0.2, 0.25) is 0 Å². The molecule has 1 amide bonds. The van der Waals surface area contributed by atoms with Crippen molar-refractivity contribution >= 4 is 41.2 Å². The maximum atomic E-state index is 11.6. The van der Waals surface area contributed by atoms with Crippen molar-refractivity contribution in [3.8, 4) is 0 Å². The van der Waals surface area contributed by atoms with E-state index in [-0.39, 0.29) is 17.5 Å². The molecule has 0 aromatic heterocycles. The molecule has 0 saturated carbocycles. The molecule has 0 aliphatic carbocycles. The van der Waals surface area contributed by atoms with Crippen molar-refractivity contribution in [1.29, 1.82) is 0 Å². The Morgan fingerprint density at radius 3 is 2.45 bits per heavy atom. The largest absolute Gasteiger partial charge is 0.464 e. The van der Waals surface area contributed by atoms with Crippen molar-refractivity contribution in [3.63, 3.8) is 0 Å². The second-order valence-electron chi connectivity index (χ2n) is 5.13. The lowest BCUT2D eigenvalue weighted by Gasteiger charge is -2.24. The van der Waals surface area contributed by atoms with E-state index in [4.69, 9.17) is 9.47 Å². The highest BCUT2D eigenvalue weighted by Gasteiger charge is 2.19. The Hall–Kier alpha value is -1.02. The zero-order chi connectivity index (χ0) is 15.8. The number of hydrogen-bond donors (Lipinski definition) is 2. The van der Waals surface area contributed by atoms with Crippen LogP contribution >= 0.6 is 24.8 Å². The Kier molecular flexibility index (Phi) is 8.56. The van der Waals surface area contributed by atoms with E-state index in [0.29, 0.717) is 13.0 Å². The third-order valence-corrected chi connectivity index (χ3v) is 2.29. The molecule has 0 aromatic rings. The van der Waals surface area contributed by atoms with Crippen LogP contribution in [0.25, 0.3) is 0 Å². The van der Waals surface area contributed by atoms with E-state index in [2.05, 4.69) is 30.2 Å². The number of ether oxygens (including phenoxy) is 2. The van der Waals surface area contributed by atoms with Crippen LogP contribution in [0.15, 0.2) is 0 Å². The summed E-state index contributed by atoms with van der Waals surface area (Å²) < 4.78 is 10.4. The van der Waals surface area contributed by atoms with Gasteiger partial charge in [-0.3, -0.25) is 4.79 Å². The molecule has 6 nitrogen and oxygen atoms in total. The van der Waals surface area contributed by atoms with Gasteiger partial charge in [0, 0.05) is 13.6 Å². The number of hydrogen-bond acceptors (Lipinski definition) is 5. The fourth-order valence-electron chi connectivity index (χ4n) is 1.12. The van der Waals surface area contributed by atoms with Crippen LogP contribution in [0.5, 0.6) is 0 Å². The van der Waals surface area contributed by atoms with Gasteiger partial charge in [-0.05, 0) is 27.2 Å².